The minimum absolute atomic E-state index is 0.0370. The number of halogens is 2. The van der Waals surface area contributed by atoms with Crippen LogP contribution in [0.2, 0.25) is 10.0 Å². The highest BCUT2D eigenvalue weighted by molar-refractivity contribution is 7.89. The first-order valence-corrected chi connectivity index (χ1v) is 12.3. The van der Waals surface area contributed by atoms with Crippen molar-refractivity contribution in [2.75, 3.05) is 13.7 Å². The van der Waals surface area contributed by atoms with Crippen molar-refractivity contribution < 1.29 is 17.9 Å². The molecule has 3 aromatic rings. The molecule has 6 nitrogen and oxygen atoms in total. The number of rotatable bonds is 9. The predicted molar refractivity (Wildman–Crippen MR) is 130 cm³/mol. The Morgan fingerprint density at radius 1 is 1.00 bits per heavy atom. The smallest absolute Gasteiger partial charge is 0.243 e. The van der Waals surface area contributed by atoms with Gasteiger partial charge in [0.2, 0.25) is 15.9 Å². The first-order valence-electron chi connectivity index (χ1n) is 10.1. The summed E-state index contributed by atoms with van der Waals surface area (Å²) >= 11 is 12.2. The molecule has 0 saturated heterocycles. The zero-order valence-corrected chi connectivity index (χ0v) is 20.5. The second-order valence-corrected chi connectivity index (χ2v) is 10.2. The Morgan fingerprint density at radius 2 is 1.64 bits per heavy atom. The molecule has 3 aromatic carbocycles. The SMILES string of the molecule is COc1ccc([C@@H](C)NC(=O)CN(Cc2ccccc2Cl)S(=O)(=O)c2ccc(Cl)cc2)cc1. The summed E-state index contributed by atoms with van der Waals surface area (Å²) in [4.78, 5) is 12.9. The Hall–Kier alpha value is -2.58. The van der Waals surface area contributed by atoms with Crippen LogP contribution in [0.5, 0.6) is 5.75 Å². The largest absolute Gasteiger partial charge is 0.497 e. The molecule has 33 heavy (non-hydrogen) atoms. The van der Waals surface area contributed by atoms with Crippen LogP contribution in [0.1, 0.15) is 24.1 Å². The fourth-order valence-corrected chi connectivity index (χ4v) is 4.92. The van der Waals surface area contributed by atoms with Gasteiger partial charge in [-0.3, -0.25) is 4.79 Å². The molecule has 0 bridgehead atoms. The van der Waals surface area contributed by atoms with E-state index < -0.39 is 15.9 Å². The van der Waals surface area contributed by atoms with Crippen LogP contribution in [0.3, 0.4) is 0 Å². The summed E-state index contributed by atoms with van der Waals surface area (Å²) in [6.45, 7) is 1.39. The standard InChI is InChI=1S/C24H24Cl2N2O4S/c1-17(18-7-11-21(32-2)12-8-18)27-24(29)16-28(15-19-5-3-4-6-23(19)26)33(30,31)22-13-9-20(25)10-14-22/h3-14,17H,15-16H2,1-2H3,(H,27,29)/t17-/m1/s1. The van der Waals surface area contributed by atoms with E-state index in [2.05, 4.69) is 5.32 Å². The number of nitrogens with zero attached hydrogens (tertiary/aromatic N) is 1. The normalized spacial score (nSPS) is 12.4. The fourth-order valence-electron chi connectivity index (χ4n) is 3.22. The third-order valence-corrected chi connectivity index (χ3v) is 7.50. The predicted octanol–water partition coefficient (Wildman–Crippen LogP) is 5.07. The molecule has 0 radical (unpaired) electrons. The van der Waals surface area contributed by atoms with Crippen molar-refractivity contribution in [3.8, 4) is 5.75 Å². The van der Waals surface area contributed by atoms with Gasteiger partial charge in [0, 0.05) is 16.6 Å². The highest BCUT2D eigenvalue weighted by Crippen LogP contribution is 2.24. The lowest BCUT2D eigenvalue weighted by atomic mass is 10.1. The molecule has 0 unspecified atom stereocenters. The fraction of sp³-hybridized carbons (Fsp3) is 0.208. The van der Waals surface area contributed by atoms with Crippen LogP contribution in [0.25, 0.3) is 0 Å². The first-order chi connectivity index (χ1) is 15.7. The van der Waals surface area contributed by atoms with Gasteiger partial charge in [-0.1, -0.05) is 53.5 Å². The number of hydrogen-bond donors (Lipinski definition) is 1. The first kappa shape index (κ1) is 25.1. The molecule has 1 amide bonds. The molecule has 0 fully saturated rings. The molecule has 0 aliphatic rings. The number of sulfonamides is 1. The van der Waals surface area contributed by atoms with E-state index in [0.29, 0.717) is 21.4 Å². The highest BCUT2D eigenvalue weighted by atomic mass is 35.5. The molecular weight excluding hydrogens is 483 g/mol. The molecule has 3 rings (SSSR count). The third kappa shape index (κ3) is 6.48. The maximum Gasteiger partial charge on any atom is 0.243 e. The lowest BCUT2D eigenvalue weighted by Crippen LogP contribution is -2.41. The Balaban J connectivity index is 1.83. The molecule has 0 heterocycles. The van der Waals surface area contributed by atoms with E-state index >= 15 is 0 Å². The lowest BCUT2D eigenvalue weighted by Gasteiger charge is -2.24. The summed E-state index contributed by atoms with van der Waals surface area (Å²) < 4.78 is 33.0. The van der Waals surface area contributed by atoms with Crippen molar-refractivity contribution in [1.29, 1.82) is 0 Å². The Kier molecular flexibility index (Phi) is 8.37. The van der Waals surface area contributed by atoms with Crippen LogP contribution < -0.4 is 10.1 Å². The average molecular weight is 507 g/mol. The van der Waals surface area contributed by atoms with Gasteiger partial charge in [-0.2, -0.15) is 4.31 Å². The summed E-state index contributed by atoms with van der Waals surface area (Å²) in [5, 5.41) is 3.69. The molecule has 9 heteroatoms. The maximum atomic E-state index is 13.4. The lowest BCUT2D eigenvalue weighted by molar-refractivity contribution is -0.122. The number of hydrogen-bond acceptors (Lipinski definition) is 4. The summed E-state index contributed by atoms with van der Waals surface area (Å²) in [5.41, 5.74) is 1.45. The van der Waals surface area contributed by atoms with E-state index in [1.54, 1.807) is 43.5 Å². The molecular formula is C24H24Cl2N2O4S. The molecule has 1 atom stereocenters. The Morgan fingerprint density at radius 3 is 2.24 bits per heavy atom. The van der Waals surface area contributed by atoms with Gasteiger partial charge < -0.3 is 10.1 Å². The van der Waals surface area contributed by atoms with Crippen LogP contribution >= 0.6 is 23.2 Å². The second kappa shape index (κ2) is 11.0. The van der Waals surface area contributed by atoms with E-state index in [1.165, 1.54) is 24.3 Å². The van der Waals surface area contributed by atoms with Crippen LogP contribution in [0.15, 0.2) is 77.7 Å². The van der Waals surface area contributed by atoms with E-state index in [1.807, 2.05) is 19.1 Å². The zero-order chi connectivity index (χ0) is 24.0. The van der Waals surface area contributed by atoms with Crippen molar-refractivity contribution in [2.45, 2.75) is 24.4 Å². The number of carbonyl (C=O) groups is 1. The van der Waals surface area contributed by atoms with Crippen LogP contribution in [-0.4, -0.2) is 32.3 Å². The molecule has 0 spiro atoms. The summed E-state index contributed by atoms with van der Waals surface area (Å²) in [7, 11) is -2.42. The van der Waals surface area contributed by atoms with Gasteiger partial charge in [0.25, 0.3) is 0 Å². The van der Waals surface area contributed by atoms with Gasteiger partial charge in [0.1, 0.15) is 5.75 Å². The average Bonchev–Trinajstić information content (AvgIpc) is 2.80. The number of ether oxygens (including phenoxy) is 1. The van der Waals surface area contributed by atoms with Gasteiger partial charge in [0.15, 0.2) is 0 Å². The third-order valence-electron chi connectivity index (χ3n) is 5.07. The minimum Gasteiger partial charge on any atom is -0.497 e. The Bertz CT molecular complexity index is 1200. The van der Waals surface area contributed by atoms with Crippen LogP contribution in [0, 0.1) is 0 Å². The summed E-state index contributed by atoms with van der Waals surface area (Å²) in [5.74, 6) is 0.264. The molecule has 0 saturated carbocycles. The summed E-state index contributed by atoms with van der Waals surface area (Å²) in [6, 6.07) is 19.7. The van der Waals surface area contributed by atoms with Crippen molar-refractivity contribution in [3.63, 3.8) is 0 Å². The zero-order valence-electron chi connectivity index (χ0n) is 18.2. The maximum absolute atomic E-state index is 13.4. The van der Waals surface area contributed by atoms with Gasteiger partial charge in [0.05, 0.1) is 24.6 Å². The van der Waals surface area contributed by atoms with E-state index in [4.69, 9.17) is 27.9 Å². The highest BCUT2D eigenvalue weighted by Gasteiger charge is 2.28. The molecule has 0 aromatic heterocycles. The van der Waals surface area contributed by atoms with Crippen molar-refractivity contribution in [3.05, 3.63) is 94.0 Å². The van der Waals surface area contributed by atoms with Gasteiger partial charge in [-0.25, -0.2) is 8.42 Å². The minimum atomic E-state index is -4.00. The van der Waals surface area contributed by atoms with Crippen molar-refractivity contribution in [1.82, 2.24) is 9.62 Å². The molecule has 0 aliphatic heterocycles. The van der Waals surface area contributed by atoms with Crippen molar-refractivity contribution >= 4 is 39.1 Å². The van der Waals surface area contributed by atoms with Gasteiger partial charge in [-0.15, -0.1) is 0 Å². The molecule has 1 N–H and O–H groups in total. The van der Waals surface area contributed by atoms with E-state index in [0.717, 1.165) is 9.87 Å². The van der Waals surface area contributed by atoms with Crippen LogP contribution in [-0.2, 0) is 21.4 Å². The summed E-state index contributed by atoms with van der Waals surface area (Å²) in [6.07, 6.45) is 0. The number of benzene rings is 3. The Labute approximate surface area is 204 Å². The quantitative estimate of drug-likeness (QED) is 0.439. The van der Waals surface area contributed by atoms with Crippen molar-refractivity contribution in [2.24, 2.45) is 0 Å². The number of amides is 1. The molecule has 174 valence electrons. The molecule has 0 aliphatic carbocycles. The number of carbonyl (C=O) groups excluding carboxylic acids is 1. The topological polar surface area (TPSA) is 75.7 Å². The van der Waals surface area contributed by atoms with E-state index in [9.17, 15) is 13.2 Å². The van der Waals surface area contributed by atoms with Crippen LogP contribution in [0.4, 0.5) is 0 Å². The van der Waals surface area contributed by atoms with E-state index in [-0.39, 0.29) is 24.0 Å². The number of nitrogens with one attached hydrogen (secondary N) is 1. The monoisotopic (exact) mass is 506 g/mol. The van der Waals surface area contributed by atoms with Gasteiger partial charge in [-0.05, 0) is 60.5 Å². The van der Waals surface area contributed by atoms with Gasteiger partial charge >= 0.3 is 0 Å². The number of methoxy groups -OCH3 is 1. The second-order valence-electron chi connectivity index (χ2n) is 7.38.